The first-order valence-corrected chi connectivity index (χ1v) is 8.80. The fraction of sp³-hybridized carbons (Fsp3) is 0.500. The van der Waals surface area contributed by atoms with Crippen molar-refractivity contribution in [3.8, 4) is 0 Å². The van der Waals surface area contributed by atoms with Gasteiger partial charge in [0.05, 0.1) is 6.04 Å². The van der Waals surface area contributed by atoms with Crippen LogP contribution < -0.4 is 15.4 Å². The zero-order valence-corrected chi connectivity index (χ0v) is 12.7. The van der Waals surface area contributed by atoms with Gasteiger partial charge in [0.2, 0.25) is 15.9 Å². The molecule has 0 spiro atoms. The Morgan fingerprint density at radius 1 is 1.27 bits per heavy atom. The van der Waals surface area contributed by atoms with Gasteiger partial charge in [0.15, 0.2) is 0 Å². The third kappa shape index (κ3) is 3.45. The Morgan fingerprint density at radius 3 is 2.68 bits per heavy atom. The van der Waals surface area contributed by atoms with Crippen molar-refractivity contribution in [1.29, 1.82) is 0 Å². The fourth-order valence-corrected chi connectivity index (χ4v) is 3.82. The summed E-state index contributed by atoms with van der Waals surface area (Å²) in [6, 6.07) is 3.18. The Labute approximate surface area is 128 Å². The summed E-state index contributed by atoms with van der Waals surface area (Å²) in [5.41, 5.74) is 0.274. The summed E-state index contributed by atoms with van der Waals surface area (Å²) in [7, 11) is -3.90. The number of anilines is 1. The summed E-state index contributed by atoms with van der Waals surface area (Å²) >= 11 is 0. The van der Waals surface area contributed by atoms with Gasteiger partial charge in [0, 0.05) is 11.7 Å². The number of carbonyl (C=O) groups excluding carboxylic acids is 1. The highest BCUT2D eigenvalue weighted by molar-refractivity contribution is 7.89. The van der Waals surface area contributed by atoms with E-state index >= 15 is 0 Å². The SMILES string of the molecule is O=C(Nc1ccc(F)c(S(=O)(=O)NC2CC2)c1)C1CCCN1. The Kier molecular flexibility index (Phi) is 4.16. The first-order valence-electron chi connectivity index (χ1n) is 7.32. The number of nitrogens with one attached hydrogen (secondary N) is 3. The molecule has 1 unspecified atom stereocenters. The van der Waals surface area contributed by atoms with E-state index in [-0.39, 0.29) is 23.7 Å². The average molecular weight is 327 g/mol. The van der Waals surface area contributed by atoms with Crippen LogP contribution in [-0.2, 0) is 14.8 Å². The van der Waals surface area contributed by atoms with Gasteiger partial charge in [-0.05, 0) is 50.4 Å². The molecule has 1 aromatic carbocycles. The number of hydrogen-bond acceptors (Lipinski definition) is 4. The van der Waals surface area contributed by atoms with Crippen molar-refractivity contribution < 1.29 is 17.6 Å². The molecule has 0 bridgehead atoms. The molecule has 1 saturated heterocycles. The van der Waals surface area contributed by atoms with E-state index in [1.54, 1.807) is 0 Å². The van der Waals surface area contributed by atoms with Crippen LogP contribution in [0, 0.1) is 5.82 Å². The second kappa shape index (κ2) is 5.94. The Balaban J connectivity index is 1.78. The lowest BCUT2D eigenvalue weighted by Crippen LogP contribution is -2.35. The molecule has 1 aromatic rings. The molecule has 120 valence electrons. The van der Waals surface area contributed by atoms with Gasteiger partial charge in [-0.25, -0.2) is 17.5 Å². The third-order valence-corrected chi connectivity index (χ3v) is 5.30. The minimum Gasteiger partial charge on any atom is -0.325 e. The molecule has 1 atom stereocenters. The normalized spacial score (nSPS) is 21.8. The molecule has 2 aliphatic rings. The molecule has 0 aromatic heterocycles. The molecule has 0 radical (unpaired) electrons. The Hall–Kier alpha value is -1.51. The second-order valence-corrected chi connectivity index (χ2v) is 7.36. The van der Waals surface area contributed by atoms with Crippen molar-refractivity contribution in [3.63, 3.8) is 0 Å². The first kappa shape index (κ1) is 15.4. The van der Waals surface area contributed by atoms with Crippen LogP contribution in [0.1, 0.15) is 25.7 Å². The first-order chi connectivity index (χ1) is 10.5. The maximum atomic E-state index is 13.8. The van der Waals surface area contributed by atoms with Gasteiger partial charge in [-0.1, -0.05) is 0 Å². The molecular weight excluding hydrogens is 309 g/mol. The number of amides is 1. The van der Waals surface area contributed by atoms with Crippen LogP contribution in [0.25, 0.3) is 0 Å². The van der Waals surface area contributed by atoms with Gasteiger partial charge in [0.1, 0.15) is 10.7 Å². The van der Waals surface area contributed by atoms with Crippen LogP contribution in [-0.4, -0.2) is 33.0 Å². The van der Waals surface area contributed by atoms with Gasteiger partial charge in [-0.15, -0.1) is 0 Å². The summed E-state index contributed by atoms with van der Waals surface area (Å²) in [6.07, 6.45) is 3.20. The highest BCUT2D eigenvalue weighted by atomic mass is 32.2. The molecule has 3 rings (SSSR count). The summed E-state index contributed by atoms with van der Waals surface area (Å²) < 4.78 is 40.5. The van der Waals surface area contributed by atoms with Crippen molar-refractivity contribution in [2.75, 3.05) is 11.9 Å². The van der Waals surface area contributed by atoms with Crippen LogP contribution in [0.5, 0.6) is 0 Å². The maximum absolute atomic E-state index is 13.8. The van der Waals surface area contributed by atoms with E-state index < -0.39 is 20.7 Å². The lowest BCUT2D eigenvalue weighted by molar-refractivity contribution is -0.117. The van der Waals surface area contributed by atoms with E-state index in [9.17, 15) is 17.6 Å². The quantitative estimate of drug-likeness (QED) is 0.752. The Morgan fingerprint density at radius 2 is 2.05 bits per heavy atom. The van der Waals surface area contributed by atoms with Gasteiger partial charge in [-0.3, -0.25) is 4.79 Å². The molecular formula is C14H18FN3O3S. The lowest BCUT2D eigenvalue weighted by Gasteiger charge is -2.13. The monoisotopic (exact) mass is 327 g/mol. The summed E-state index contributed by atoms with van der Waals surface area (Å²) in [5.74, 6) is -1.06. The average Bonchev–Trinajstić information content (AvgIpc) is 3.09. The van der Waals surface area contributed by atoms with E-state index in [4.69, 9.17) is 0 Å². The fourth-order valence-electron chi connectivity index (χ4n) is 2.41. The third-order valence-electron chi connectivity index (χ3n) is 3.76. The minimum atomic E-state index is -3.90. The van der Waals surface area contributed by atoms with E-state index in [0.717, 1.165) is 44.4 Å². The van der Waals surface area contributed by atoms with Crippen LogP contribution in [0.2, 0.25) is 0 Å². The van der Waals surface area contributed by atoms with Crippen molar-refractivity contribution in [2.24, 2.45) is 0 Å². The number of carbonyl (C=O) groups is 1. The van der Waals surface area contributed by atoms with E-state index in [1.807, 2.05) is 0 Å². The highest BCUT2D eigenvalue weighted by Gasteiger charge is 2.30. The van der Waals surface area contributed by atoms with Crippen molar-refractivity contribution in [1.82, 2.24) is 10.0 Å². The topological polar surface area (TPSA) is 87.3 Å². The predicted octanol–water partition coefficient (Wildman–Crippen LogP) is 0.957. The molecule has 2 fully saturated rings. The maximum Gasteiger partial charge on any atom is 0.243 e. The van der Waals surface area contributed by atoms with Crippen LogP contribution in [0.3, 0.4) is 0 Å². The molecule has 1 amide bonds. The van der Waals surface area contributed by atoms with Gasteiger partial charge < -0.3 is 10.6 Å². The van der Waals surface area contributed by atoms with Crippen molar-refractivity contribution >= 4 is 21.6 Å². The number of benzene rings is 1. The molecule has 22 heavy (non-hydrogen) atoms. The molecule has 1 heterocycles. The smallest absolute Gasteiger partial charge is 0.243 e. The zero-order valence-electron chi connectivity index (χ0n) is 11.9. The van der Waals surface area contributed by atoms with Gasteiger partial charge in [0.25, 0.3) is 0 Å². The highest BCUT2D eigenvalue weighted by Crippen LogP contribution is 2.25. The Bertz CT molecular complexity index is 683. The van der Waals surface area contributed by atoms with E-state index in [2.05, 4.69) is 15.4 Å². The summed E-state index contributed by atoms with van der Waals surface area (Å²) in [4.78, 5) is 11.6. The summed E-state index contributed by atoms with van der Waals surface area (Å²) in [5, 5.41) is 5.68. The molecule has 1 saturated carbocycles. The number of halogens is 1. The van der Waals surface area contributed by atoms with Crippen LogP contribution >= 0.6 is 0 Å². The summed E-state index contributed by atoms with van der Waals surface area (Å²) in [6.45, 7) is 0.784. The van der Waals surface area contributed by atoms with Crippen LogP contribution in [0.15, 0.2) is 23.1 Å². The second-order valence-electron chi connectivity index (χ2n) is 5.68. The van der Waals surface area contributed by atoms with Gasteiger partial charge >= 0.3 is 0 Å². The zero-order chi connectivity index (χ0) is 15.7. The molecule has 1 aliphatic heterocycles. The lowest BCUT2D eigenvalue weighted by atomic mass is 10.2. The van der Waals surface area contributed by atoms with Crippen molar-refractivity contribution in [2.45, 2.75) is 42.7 Å². The van der Waals surface area contributed by atoms with Gasteiger partial charge in [-0.2, -0.15) is 0 Å². The number of sulfonamides is 1. The number of rotatable bonds is 5. The molecule has 6 nitrogen and oxygen atoms in total. The van der Waals surface area contributed by atoms with E-state index in [0.29, 0.717) is 0 Å². The standard InChI is InChI=1S/C14H18FN3O3S/c15-11-6-5-10(17-14(19)12-2-1-7-16-12)8-13(11)22(20,21)18-9-3-4-9/h5-6,8-9,12,16,18H,1-4,7H2,(H,17,19). The minimum absolute atomic E-state index is 0.106. The largest absolute Gasteiger partial charge is 0.325 e. The molecule has 3 N–H and O–H groups in total. The van der Waals surface area contributed by atoms with E-state index in [1.165, 1.54) is 6.07 Å². The van der Waals surface area contributed by atoms with Crippen LogP contribution in [0.4, 0.5) is 10.1 Å². The van der Waals surface area contributed by atoms with Crippen molar-refractivity contribution in [3.05, 3.63) is 24.0 Å². The number of hydrogen-bond donors (Lipinski definition) is 3. The predicted molar refractivity (Wildman–Crippen MR) is 79.4 cm³/mol. The molecule has 8 heteroatoms. The molecule has 1 aliphatic carbocycles.